The summed E-state index contributed by atoms with van der Waals surface area (Å²) in [6, 6.07) is 0.102. The summed E-state index contributed by atoms with van der Waals surface area (Å²) in [5, 5.41) is 24.0. The summed E-state index contributed by atoms with van der Waals surface area (Å²) in [6.45, 7) is 8.72. The fraction of sp³-hybridized carbons (Fsp3) is 1.00. The third-order valence-electron chi connectivity index (χ3n) is 12.0. The Balaban J connectivity index is 1.54. The van der Waals surface area contributed by atoms with Gasteiger partial charge < -0.3 is 33.9 Å². The first kappa shape index (κ1) is 23.8. The van der Waals surface area contributed by atoms with Crippen LogP contribution in [0, 0.1) is 40.4 Å². The summed E-state index contributed by atoms with van der Waals surface area (Å²) in [5.41, 5.74) is -1.20. The predicted octanol–water partition coefficient (Wildman–Crippen LogP) is 1.27. The van der Waals surface area contributed by atoms with Gasteiger partial charge in [0.1, 0.15) is 11.7 Å². The molecule has 5 saturated carbocycles. The summed E-state index contributed by atoms with van der Waals surface area (Å²) >= 11 is 0. The first-order chi connectivity index (χ1) is 16.7. The SMILES string of the molecule is CCN1CC2(COC)CCC(O)C34C5CC6C(O)C5C5(OC(C)(C)OC5C6OC)C(C(OC)C23)C14. The van der Waals surface area contributed by atoms with Crippen LogP contribution in [0.2, 0.25) is 0 Å². The summed E-state index contributed by atoms with van der Waals surface area (Å²) < 4.78 is 32.4. The lowest BCUT2D eigenvalue weighted by atomic mass is 9.43. The fourth-order valence-electron chi connectivity index (χ4n) is 11.8. The van der Waals surface area contributed by atoms with Crippen LogP contribution in [0.5, 0.6) is 0 Å². The monoisotopic (exact) mass is 493 g/mol. The Morgan fingerprint density at radius 2 is 1.80 bits per heavy atom. The predicted molar refractivity (Wildman–Crippen MR) is 125 cm³/mol. The van der Waals surface area contributed by atoms with Gasteiger partial charge in [-0.2, -0.15) is 0 Å². The fourth-order valence-corrected chi connectivity index (χ4v) is 11.8. The number of aliphatic hydroxyl groups excluding tert-OH is 2. The molecule has 2 spiro atoms. The number of hydrogen-bond acceptors (Lipinski definition) is 8. The summed E-state index contributed by atoms with van der Waals surface area (Å²) in [7, 11) is 5.37. The highest BCUT2D eigenvalue weighted by atomic mass is 16.8. The number of aliphatic hydroxyl groups is 2. The van der Waals surface area contributed by atoms with E-state index in [4.69, 9.17) is 23.7 Å². The van der Waals surface area contributed by atoms with Crippen molar-refractivity contribution in [3.63, 3.8) is 0 Å². The molecule has 0 aromatic heterocycles. The maximum atomic E-state index is 12.1. The Labute approximate surface area is 208 Å². The van der Waals surface area contributed by atoms with Gasteiger partial charge in [0.15, 0.2) is 5.79 Å². The van der Waals surface area contributed by atoms with Crippen molar-refractivity contribution in [3.05, 3.63) is 0 Å². The van der Waals surface area contributed by atoms with Crippen molar-refractivity contribution in [2.75, 3.05) is 41.0 Å². The first-order valence-corrected chi connectivity index (χ1v) is 13.7. The molecule has 2 aliphatic heterocycles. The van der Waals surface area contributed by atoms with Gasteiger partial charge in [0.2, 0.25) is 0 Å². The van der Waals surface area contributed by atoms with E-state index in [1.807, 2.05) is 21.0 Å². The van der Waals surface area contributed by atoms with E-state index in [1.54, 1.807) is 14.2 Å². The van der Waals surface area contributed by atoms with E-state index in [2.05, 4.69) is 11.8 Å². The summed E-state index contributed by atoms with van der Waals surface area (Å²) in [5.74, 6) is -0.712. The highest BCUT2D eigenvalue weighted by Gasteiger charge is 2.90. The third-order valence-corrected chi connectivity index (χ3v) is 12.0. The topological polar surface area (TPSA) is 89.9 Å². The molecule has 0 aromatic rings. The Hall–Kier alpha value is -0.320. The molecule has 14 atom stereocenters. The minimum atomic E-state index is -0.787. The van der Waals surface area contributed by atoms with Gasteiger partial charge in [-0.1, -0.05) is 6.92 Å². The number of fused-ring (bicyclic) bond motifs is 1. The molecule has 0 aromatic carbocycles. The Morgan fingerprint density at radius 1 is 1.06 bits per heavy atom. The normalized spacial score (nSPS) is 61.2. The zero-order chi connectivity index (χ0) is 24.7. The standard InChI is InChI=1S/C27H43NO7/c1-7-28-11-25(12-31-4)9-8-15(29)26-14-10-13-18(30)16(14)27(17(22(26)28)20(33-6)21(25)26)23(19(13)32-5)34-24(2,3)35-27/h13-23,29-30H,7-12H2,1-6H3. The number of likely N-dealkylation sites (tertiary alicyclic amines) is 1. The number of piperidine rings is 1. The molecule has 7 bridgehead atoms. The zero-order valence-electron chi connectivity index (χ0n) is 22.0. The third kappa shape index (κ3) is 2.36. The average molecular weight is 494 g/mol. The quantitative estimate of drug-likeness (QED) is 0.592. The van der Waals surface area contributed by atoms with E-state index in [-0.39, 0.29) is 64.8 Å². The summed E-state index contributed by atoms with van der Waals surface area (Å²) in [6.07, 6.45) is 0.887. The van der Waals surface area contributed by atoms with E-state index >= 15 is 0 Å². The molecule has 2 saturated heterocycles. The second-order valence-corrected chi connectivity index (χ2v) is 13.2. The van der Waals surface area contributed by atoms with Crippen LogP contribution in [0.1, 0.15) is 40.0 Å². The zero-order valence-corrected chi connectivity index (χ0v) is 22.0. The van der Waals surface area contributed by atoms with Gasteiger partial charge in [-0.15, -0.1) is 0 Å². The Bertz CT molecular complexity index is 901. The second-order valence-electron chi connectivity index (χ2n) is 13.2. The van der Waals surface area contributed by atoms with Crippen LogP contribution < -0.4 is 0 Å². The number of nitrogens with zero attached hydrogens (tertiary/aromatic N) is 1. The lowest BCUT2D eigenvalue weighted by Gasteiger charge is -2.69. The van der Waals surface area contributed by atoms with Crippen LogP contribution in [0.15, 0.2) is 0 Å². The van der Waals surface area contributed by atoms with Crippen molar-refractivity contribution < 1.29 is 33.9 Å². The lowest BCUT2D eigenvalue weighted by Crippen LogP contribution is -2.78. The van der Waals surface area contributed by atoms with Crippen LogP contribution in [-0.2, 0) is 23.7 Å². The minimum Gasteiger partial charge on any atom is -0.392 e. The van der Waals surface area contributed by atoms with Crippen molar-refractivity contribution in [2.24, 2.45) is 40.4 Å². The number of hydrogen-bond donors (Lipinski definition) is 2. The summed E-state index contributed by atoms with van der Waals surface area (Å²) in [4.78, 5) is 2.61. The molecular weight excluding hydrogens is 450 g/mol. The highest BCUT2D eigenvalue weighted by molar-refractivity contribution is 5.38. The average Bonchev–Trinajstić information content (AvgIpc) is 3.35. The van der Waals surface area contributed by atoms with E-state index in [9.17, 15) is 10.2 Å². The Morgan fingerprint density at radius 3 is 2.46 bits per heavy atom. The Kier molecular flexibility index (Phi) is 4.89. The molecule has 2 heterocycles. The smallest absolute Gasteiger partial charge is 0.164 e. The maximum absolute atomic E-state index is 12.1. The van der Waals surface area contributed by atoms with Gasteiger partial charge >= 0.3 is 0 Å². The lowest BCUT2D eigenvalue weighted by molar-refractivity contribution is -0.284. The molecule has 8 nitrogen and oxygen atoms in total. The molecule has 35 heavy (non-hydrogen) atoms. The van der Waals surface area contributed by atoms with Gasteiger partial charge in [-0.25, -0.2) is 0 Å². The van der Waals surface area contributed by atoms with Crippen LogP contribution in [0.25, 0.3) is 0 Å². The van der Waals surface area contributed by atoms with Crippen molar-refractivity contribution >= 4 is 0 Å². The van der Waals surface area contributed by atoms with Gasteiger partial charge in [-0.05, 0) is 45.6 Å². The van der Waals surface area contributed by atoms with Gasteiger partial charge in [0.05, 0.1) is 31.0 Å². The van der Waals surface area contributed by atoms with Crippen molar-refractivity contribution in [1.29, 1.82) is 0 Å². The van der Waals surface area contributed by atoms with Crippen molar-refractivity contribution in [1.82, 2.24) is 4.90 Å². The number of ether oxygens (including phenoxy) is 5. The molecule has 0 radical (unpaired) electrons. The number of methoxy groups -OCH3 is 3. The highest BCUT2D eigenvalue weighted by Crippen LogP contribution is 2.80. The van der Waals surface area contributed by atoms with Crippen molar-refractivity contribution in [2.45, 2.75) is 88.0 Å². The molecule has 2 N–H and O–H groups in total. The molecule has 8 heteroatoms. The van der Waals surface area contributed by atoms with Crippen LogP contribution in [0.3, 0.4) is 0 Å². The molecular formula is C27H43NO7. The first-order valence-electron chi connectivity index (χ1n) is 13.7. The van der Waals surface area contributed by atoms with Crippen LogP contribution >= 0.6 is 0 Å². The second kappa shape index (κ2) is 7.20. The molecule has 7 rings (SSSR count). The number of rotatable bonds is 5. The van der Waals surface area contributed by atoms with Crippen molar-refractivity contribution in [3.8, 4) is 0 Å². The molecule has 7 fully saturated rings. The molecule has 5 aliphatic carbocycles. The molecule has 7 aliphatic rings. The van der Waals surface area contributed by atoms with E-state index < -0.39 is 23.6 Å². The molecule has 0 amide bonds. The minimum absolute atomic E-state index is 0.0258. The van der Waals surface area contributed by atoms with E-state index in [0.717, 1.165) is 32.4 Å². The molecule has 14 unspecified atom stereocenters. The van der Waals surface area contributed by atoms with Gasteiger partial charge in [0.25, 0.3) is 0 Å². The van der Waals surface area contributed by atoms with Gasteiger partial charge in [-0.3, -0.25) is 4.90 Å². The van der Waals surface area contributed by atoms with E-state index in [1.165, 1.54) is 0 Å². The van der Waals surface area contributed by atoms with Crippen LogP contribution in [-0.4, -0.2) is 104 Å². The van der Waals surface area contributed by atoms with Gasteiger partial charge in [0, 0.05) is 68.4 Å². The largest absolute Gasteiger partial charge is 0.392 e. The maximum Gasteiger partial charge on any atom is 0.164 e. The van der Waals surface area contributed by atoms with E-state index in [0.29, 0.717) is 6.61 Å². The van der Waals surface area contributed by atoms with Crippen LogP contribution in [0.4, 0.5) is 0 Å². The molecule has 198 valence electrons.